The summed E-state index contributed by atoms with van der Waals surface area (Å²) in [4.78, 5) is 0. The predicted octanol–water partition coefficient (Wildman–Crippen LogP) is 1.54. The minimum atomic E-state index is 1.31. The summed E-state index contributed by atoms with van der Waals surface area (Å²) in [7, 11) is 0. The van der Waals surface area contributed by atoms with Gasteiger partial charge in [-0.3, -0.25) is 0 Å². The molecule has 0 unspecified atom stereocenters. The number of allylic oxidation sites excluding steroid dienone is 1. The van der Waals surface area contributed by atoms with Gasteiger partial charge in [-0.05, 0) is 18.8 Å². The van der Waals surface area contributed by atoms with Crippen molar-refractivity contribution in [2.45, 2.75) is 12.8 Å². The molecule has 1 rings (SSSR count). The quantitative estimate of drug-likeness (QED) is 0.436. The van der Waals surface area contributed by atoms with Crippen molar-refractivity contribution in [1.29, 1.82) is 0 Å². The van der Waals surface area contributed by atoms with Crippen LogP contribution in [0.5, 0.6) is 0 Å². The van der Waals surface area contributed by atoms with Gasteiger partial charge >= 0.3 is 0 Å². The zero-order valence-electron chi connectivity index (χ0n) is 3.20. The van der Waals surface area contributed by atoms with Crippen molar-refractivity contribution in [3.8, 4) is 0 Å². The normalized spacial score (nSPS) is 22.4. The maximum atomic E-state index is 3.59. The second-order valence-corrected chi connectivity index (χ2v) is 1.36. The minimum Gasteiger partial charge on any atom is -0.102 e. The highest BCUT2D eigenvalue weighted by molar-refractivity contribution is 5.18. The topological polar surface area (TPSA) is 0 Å². The molecule has 0 N–H and O–H groups in total. The van der Waals surface area contributed by atoms with Crippen molar-refractivity contribution < 1.29 is 0 Å². The van der Waals surface area contributed by atoms with E-state index in [-0.39, 0.29) is 0 Å². The van der Waals surface area contributed by atoms with Gasteiger partial charge in [0.25, 0.3) is 0 Å². The van der Waals surface area contributed by atoms with Gasteiger partial charge in [0.05, 0.1) is 0 Å². The van der Waals surface area contributed by atoms with Gasteiger partial charge in [0.15, 0.2) is 0 Å². The van der Waals surface area contributed by atoms with Crippen LogP contribution in [0.1, 0.15) is 12.8 Å². The van der Waals surface area contributed by atoms with E-state index in [0.717, 1.165) is 0 Å². The molecule has 1 aliphatic rings. The summed E-state index contributed by atoms with van der Waals surface area (Å²) in [6.45, 7) is 3.59. The Hall–Kier alpha value is -0.260. The van der Waals surface area contributed by atoms with Gasteiger partial charge in [0.1, 0.15) is 0 Å². The van der Waals surface area contributed by atoms with Crippen LogP contribution < -0.4 is 0 Å². The van der Waals surface area contributed by atoms with E-state index in [4.69, 9.17) is 0 Å². The molecule has 27 valence electrons. The first kappa shape index (κ1) is 2.95. The Morgan fingerprint density at radius 1 is 1.60 bits per heavy atom. The first-order valence-electron chi connectivity index (χ1n) is 1.90. The Morgan fingerprint density at radius 3 is 2.20 bits per heavy atom. The van der Waals surface area contributed by atoms with E-state index in [9.17, 15) is 0 Å². The summed E-state index contributed by atoms with van der Waals surface area (Å²) in [5.41, 5.74) is 0. The Bertz CT molecular complexity index is 42.0. The minimum absolute atomic E-state index is 1.31. The Kier molecular flexibility index (Phi) is 0.503. The van der Waals surface area contributed by atoms with Gasteiger partial charge in [0, 0.05) is 0 Å². The molecule has 0 aromatic heterocycles. The molecule has 0 heterocycles. The van der Waals surface area contributed by atoms with Gasteiger partial charge in [-0.15, -0.1) is 6.58 Å². The third-order valence-corrected chi connectivity index (χ3v) is 0.827. The molecule has 0 aromatic rings. The molecule has 0 atom stereocenters. The molecule has 5 heavy (non-hydrogen) atoms. The van der Waals surface area contributed by atoms with Crippen molar-refractivity contribution in [1.82, 2.24) is 0 Å². The fraction of sp³-hybridized carbons (Fsp3) is 0.400. The third-order valence-electron chi connectivity index (χ3n) is 0.827. The van der Waals surface area contributed by atoms with E-state index >= 15 is 0 Å². The summed E-state index contributed by atoms with van der Waals surface area (Å²) in [5.74, 6) is 1.52. The van der Waals surface area contributed by atoms with Crippen LogP contribution in [0.4, 0.5) is 0 Å². The SMILES string of the molecule is C=C[C]1CC1. The van der Waals surface area contributed by atoms with Crippen molar-refractivity contribution in [3.63, 3.8) is 0 Å². The lowest BCUT2D eigenvalue weighted by Gasteiger charge is -1.61. The molecule has 0 aliphatic heterocycles. The summed E-state index contributed by atoms with van der Waals surface area (Å²) in [6, 6.07) is 0. The Balaban J connectivity index is 2.21. The van der Waals surface area contributed by atoms with Crippen LogP contribution in [-0.2, 0) is 0 Å². The lowest BCUT2D eigenvalue weighted by molar-refractivity contribution is 1.50. The van der Waals surface area contributed by atoms with Gasteiger partial charge in [-0.2, -0.15) is 0 Å². The van der Waals surface area contributed by atoms with E-state index in [1.807, 2.05) is 6.08 Å². The van der Waals surface area contributed by atoms with E-state index in [1.54, 1.807) is 0 Å². The molecule has 1 saturated carbocycles. The average Bonchev–Trinajstić information content (AvgIpc) is 2.12. The molecule has 0 saturated heterocycles. The van der Waals surface area contributed by atoms with Gasteiger partial charge in [0.2, 0.25) is 0 Å². The molecule has 1 aliphatic carbocycles. The molecule has 1 radical (unpaired) electrons. The lowest BCUT2D eigenvalue weighted by atomic mass is 10.4. The Labute approximate surface area is 32.5 Å². The van der Waals surface area contributed by atoms with Crippen LogP contribution in [0.2, 0.25) is 0 Å². The summed E-state index contributed by atoms with van der Waals surface area (Å²) >= 11 is 0. The van der Waals surface area contributed by atoms with Gasteiger partial charge in [-0.1, -0.05) is 6.08 Å². The molecule has 0 bridgehead atoms. The predicted molar refractivity (Wildman–Crippen MR) is 22.7 cm³/mol. The highest BCUT2D eigenvalue weighted by Crippen LogP contribution is 2.31. The monoisotopic (exact) mass is 67.1 g/mol. The largest absolute Gasteiger partial charge is 0.102 e. The molecule has 1 fully saturated rings. The van der Waals surface area contributed by atoms with Crippen molar-refractivity contribution in [3.05, 3.63) is 18.6 Å². The zero-order valence-corrected chi connectivity index (χ0v) is 3.20. The molecular weight excluding hydrogens is 60.1 g/mol. The highest BCUT2D eigenvalue weighted by atomic mass is 14.2. The lowest BCUT2D eigenvalue weighted by Crippen LogP contribution is -1.46. The van der Waals surface area contributed by atoms with Gasteiger partial charge < -0.3 is 0 Å². The second kappa shape index (κ2) is 0.852. The highest BCUT2D eigenvalue weighted by Gasteiger charge is 2.16. The number of hydrogen-bond donors (Lipinski definition) is 0. The van der Waals surface area contributed by atoms with Crippen molar-refractivity contribution >= 4 is 0 Å². The molecular formula is C5H7. The fourth-order valence-corrected chi connectivity index (χ4v) is 0.276. The van der Waals surface area contributed by atoms with Crippen LogP contribution in [0, 0.1) is 5.92 Å². The Morgan fingerprint density at radius 2 is 2.20 bits per heavy atom. The first-order chi connectivity index (χ1) is 2.43. The van der Waals surface area contributed by atoms with E-state index in [1.165, 1.54) is 18.8 Å². The standard InChI is InChI=1S/C5H7/c1-2-5-3-4-5/h2H,1,3-4H2. The molecule has 0 heteroatoms. The average molecular weight is 67.1 g/mol. The number of hydrogen-bond acceptors (Lipinski definition) is 0. The van der Waals surface area contributed by atoms with Crippen LogP contribution in [0.25, 0.3) is 0 Å². The summed E-state index contributed by atoms with van der Waals surface area (Å²) < 4.78 is 0. The van der Waals surface area contributed by atoms with Crippen LogP contribution in [-0.4, -0.2) is 0 Å². The molecule has 0 amide bonds. The van der Waals surface area contributed by atoms with E-state index in [2.05, 4.69) is 6.58 Å². The molecule has 0 nitrogen and oxygen atoms in total. The van der Waals surface area contributed by atoms with Gasteiger partial charge in [-0.25, -0.2) is 0 Å². The van der Waals surface area contributed by atoms with Crippen molar-refractivity contribution in [2.24, 2.45) is 0 Å². The second-order valence-electron chi connectivity index (χ2n) is 1.36. The summed E-state index contributed by atoms with van der Waals surface area (Å²) in [5, 5.41) is 0. The van der Waals surface area contributed by atoms with Crippen LogP contribution >= 0.6 is 0 Å². The van der Waals surface area contributed by atoms with Crippen LogP contribution in [0.3, 0.4) is 0 Å². The third kappa shape index (κ3) is 0.504. The first-order valence-corrected chi connectivity index (χ1v) is 1.90. The molecule has 0 aromatic carbocycles. The zero-order chi connectivity index (χ0) is 3.70. The summed E-state index contributed by atoms with van der Waals surface area (Å²) in [6.07, 6.45) is 4.56. The van der Waals surface area contributed by atoms with E-state index in [0.29, 0.717) is 0 Å². The van der Waals surface area contributed by atoms with E-state index < -0.39 is 0 Å². The fourth-order valence-electron chi connectivity index (χ4n) is 0.276. The maximum absolute atomic E-state index is 3.59. The molecule has 0 spiro atoms. The smallest absolute Gasteiger partial charge is 0.00294 e. The maximum Gasteiger partial charge on any atom is -0.00294 e. The van der Waals surface area contributed by atoms with Crippen molar-refractivity contribution in [2.75, 3.05) is 0 Å². The van der Waals surface area contributed by atoms with Crippen LogP contribution in [0.15, 0.2) is 12.7 Å². The number of rotatable bonds is 1.